The number of hydrogen-bond donors (Lipinski definition) is 1. The lowest BCUT2D eigenvalue weighted by molar-refractivity contribution is -0.256. The van der Waals surface area contributed by atoms with Gasteiger partial charge >= 0.3 is 6.09 Å². The fraction of sp³-hybridized carbons (Fsp3) is 0.550. The third-order valence-electron chi connectivity index (χ3n) is 4.65. The van der Waals surface area contributed by atoms with Gasteiger partial charge in [-0.2, -0.15) is 0 Å². The Morgan fingerprint density at radius 1 is 1.40 bits per heavy atom. The van der Waals surface area contributed by atoms with Gasteiger partial charge in [-0.05, 0) is 57.7 Å². The Labute approximate surface area is 149 Å². The lowest BCUT2D eigenvalue weighted by Crippen LogP contribution is -2.41. The Hall–Kier alpha value is -2.01. The Morgan fingerprint density at radius 3 is 2.72 bits per heavy atom. The molecule has 1 amide bonds. The van der Waals surface area contributed by atoms with E-state index in [4.69, 9.17) is 9.47 Å². The summed E-state index contributed by atoms with van der Waals surface area (Å²) >= 11 is 0. The number of carbonyl (C=O) groups excluding carboxylic acids is 1. The maximum atomic E-state index is 12.2. The molecule has 3 N–H and O–H groups in total. The van der Waals surface area contributed by atoms with Gasteiger partial charge in [0.25, 0.3) is 0 Å². The molecule has 1 aromatic carbocycles. The van der Waals surface area contributed by atoms with E-state index in [0.717, 1.165) is 24.3 Å². The molecule has 0 spiro atoms. The second kappa shape index (κ2) is 6.37. The molecule has 1 aromatic rings. The minimum Gasteiger partial charge on any atom is -0.484 e. The molecule has 2 aliphatic rings. The van der Waals surface area contributed by atoms with Crippen LogP contribution in [0.15, 0.2) is 12.1 Å². The number of quaternary nitrogens is 1. The van der Waals surface area contributed by atoms with Crippen LogP contribution in [0.4, 0.5) is 10.5 Å². The van der Waals surface area contributed by atoms with Crippen molar-refractivity contribution in [1.29, 1.82) is 0 Å². The van der Waals surface area contributed by atoms with Crippen molar-refractivity contribution in [3.05, 3.63) is 28.8 Å². The first-order valence-corrected chi connectivity index (χ1v) is 8.98. The lowest BCUT2D eigenvalue weighted by atomic mass is 9.89. The number of aryl methyl sites for hydroxylation is 1. The summed E-state index contributed by atoms with van der Waals surface area (Å²) in [6.07, 6.45) is 3.86. The molecular weight excluding hydrogens is 316 g/mol. The van der Waals surface area contributed by atoms with Crippen molar-refractivity contribution < 1.29 is 20.0 Å². The maximum absolute atomic E-state index is 12.2. The summed E-state index contributed by atoms with van der Waals surface area (Å²) in [5.41, 5.74) is 9.72. The van der Waals surface area contributed by atoms with E-state index in [2.05, 4.69) is 31.7 Å². The number of fused-ring (bicyclic) bond motifs is 1. The molecule has 3 rings (SSSR count). The van der Waals surface area contributed by atoms with E-state index >= 15 is 0 Å². The highest BCUT2D eigenvalue weighted by Crippen LogP contribution is 2.42. The van der Waals surface area contributed by atoms with Gasteiger partial charge in [0, 0.05) is 31.1 Å². The summed E-state index contributed by atoms with van der Waals surface area (Å²) in [6.45, 7) is 11.2. The molecule has 0 bridgehead atoms. The van der Waals surface area contributed by atoms with E-state index in [1.807, 2.05) is 20.8 Å². The van der Waals surface area contributed by atoms with Gasteiger partial charge in [0.15, 0.2) is 11.4 Å². The second-order valence-corrected chi connectivity index (χ2v) is 8.07. The first-order chi connectivity index (χ1) is 11.7. The standard InChI is InChI=1S/C20H28N2O3/c1-12-10-16(21)18-15(11-13(2)24-18)17(12)14-6-8-22(9-7-14)19(23)25-20(3,4)5/h6,10,13H,7-9,11,21H2,1-5H3/p+1/t13-/m1/s1. The fourth-order valence-electron chi connectivity index (χ4n) is 3.65. The predicted octanol–water partition coefficient (Wildman–Crippen LogP) is 3.22. The van der Waals surface area contributed by atoms with Crippen molar-refractivity contribution in [2.24, 2.45) is 0 Å². The summed E-state index contributed by atoms with van der Waals surface area (Å²) in [5.74, 6) is 0.948. The number of amides is 1. The van der Waals surface area contributed by atoms with Crippen LogP contribution in [0, 0.1) is 6.92 Å². The van der Waals surface area contributed by atoms with Crippen molar-refractivity contribution in [2.45, 2.75) is 59.2 Å². The average Bonchev–Trinajstić information content (AvgIpc) is 2.88. The van der Waals surface area contributed by atoms with Gasteiger partial charge in [0.05, 0.1) is 0 Å². The Balaban J connectivity index is 1.84. The summed E-state index contributed by atoms with van der Waals surface area (Å²) in [7, 11) is 0. The van der Waals surface area contributed by atoms with E-state index in [1.165, 1.54) is 22.3 Å². The van der Waals surface area contributed by atoms with Crippen LogP contribution in [0.5, 0.6) is 5.75 Å². The zero-order valence-electron chi connectivity index (χ0n) is 15.9. The van der Waals surface area contributed by atoms with Crippen molar-refractivity contribution in [1.82, 2.24) is 4.90 Å². The molecule has 136 valence electrons. The Bertz CT molecular complexity index is 731. The molecule has 5 nitrogen and oxygen atoms in total. The van der Waals surface area contributed by atoms with E-state index in [1.54, 1.807) is 4.90 Å². The second-order valence-electron chi connectivity index (χ2n) is 8.07. The van der Waals surface area contributed by atoms with Crippen LogP contribution in [-0.2, 0) is 11.2 Å². The van der Waals surface area contributed by atoms with Gasteiger partial charge in [-0.1, -0.05) is 6.08 Å². The van der Waals surface area contributed by atoms with Crippen LogP contribution in [0.25, 0.3) is 5.57 Å². The first-order valence-electron chi connectivity index (χ1n) is 8.98. The normalized spacial score (nSPS) is 20.0. The smallest absolute Gasteiger partial charge is 0.410 e. The van der Waals surface area contributed by atoms with Crippen molar-refractivity contribution >= 4 is 17.4 Å². The molecule has 25 heavy (non-hydrogen) atoms. The predicted molar refractivity (Wildman–Crippen MR) is 97.9 cm³/mol. The highest BCUT2D eigenvalue weighted by Gasteiger charge is 2.30. The number of rotatable bonds is 1. The van der Waals surface area contributed by atoms with Crippen LogP contribution in [0.2, 0.25) is 0 Å². The Morgan fingerprint density at radius 2 is 2.12 bits per heavy atom. The lowest BCUT2D eigenvalue weighted by Gasteiger charge is -2.30. The van der Waals surface area contributed by atoms with E-state index in [0.29, 0.717) is 13.1 Å². The first kappa shape index (κ1) is 17.8. The van der Waals surface area contributed by atoms with Crippen molar-refractivity contribution in [2.75, 3.05) is 13.1 Å². The molecule has 0 radical (unpaired) electrons. The SMILES string of the molecule is Cc1cc([NH3+])c2c(c1C1=CCN(C(=O)OC(C)(C)C)CC1)C[C@@H](C)O2. The fourth-order valence-corrected chi connectivity index (χ4v) is 3.65. The maximum Gasteiger partial charge on any atom is 0.410 e. The average molecular weight is 345 g/mol. The minimum atomic E-state index is -0.462. The van der Waals surface area contributed by atoms with Crippen molar-refractivity contribution in [3.8, 4) is 5.75 Å². The number of nitrogens with zero attached hydrogens (tertiary/aromatic N) is 1. The van der Waals surface area contributed by atoms with E-state index in [9.17, 15) is 4.79 Å². The summed E-state index contributed by atoms with van der Waals surface area (Å²) in [5, 5.41) is 0. The quantitative estimate of drug-likeness (QED) is 0.850. The number of carbonyl (C=O) groups is 1. The molecule has 0 saturated heterocycles. The van der Waals surface area contributed by atoms with Crippen LogP contribution in [-0.4, -0.2) is 35.8 Å². The largest absolute Gasteiger partial charge is 0.484 e. The molecular formula is C20H29N2O3+. The molecule has 0 unspecified atom stereocenters. The Kier molecular flexibility index (Phi) is 4.54. The highest BCUT2D eigenvalue weighted by molar-refractivity contribution is 5.78. The van der Waals surface area contributed by atoms with Gasteiger partial charge < -0.3 is 20.1 Å². The van der Waals surface area contributed by atoms with Gasteiger partial charge in [0.1, 0.15) is 11.7 Å². The summed E-state index contributed by atoms with van der Waals surface area (Å²) < 4.78 is 11.4. The van der Waals surface area contributed by atoms with Crippen molar-refractivity contribution in [3.63, 3.8) is 0 Å². The molecule has 0 saturated carbocycles. The number of benzene rings is 1. The zero-order valence-corrected chi connectivity index (χ0v) is 15.9. The third kappa shape index (κ3) is 3.66. The molecule has 2 aliphatic heterocycles. The third-order valence-corrected chi connectivity index (χ3v) is 4.65. The van der Waals surface area contributed by atoms with Crippen LogP contribution >= 0.6 is 0 Å². The molecule has 0 aliphatic carbocycles. The van der Waals surface area contributed by atoms with E-state index in [-0.39, 0.29) is 12.2 Å². The van der Waals surface area contributed by atoms with E-state index < -0.39 is 5.60 Å². The van der Waals surface area contributed by atoms with Gasteiger partial charge in [0.2, 0.25) is 0 Å². The molecule has 0 fully saturated rings. The summed E-state index contributed by atoms with van der Waals surface area (Å²) in [6, 6.07) is 2.10. The minimum absolute atomic E-state index is 0.193. The highest BCUT2D eigenvalue weighted by atomic mass is 16.6. The molecule has 5 heteroatoms. The number of ether oxygens (including phenoxy) is 2. The van der Waals surface area contributed by atoms with Gasteiger partial charge in [-0.15, -0.1) is 0 Å². The molecule has 2 heterocycles. The van der Waals surface area contributed by atoms with Crippen LogP contribution < -0.4 is 10.5 Å². The number of hydrogen-bond acceptors (Lipinski definition) is 3. The zero-order chi connectivity index (χ0) is 18.4. The monoisotopic (exact) mass is 345 g/mol. The summed E-state index contributed by atoms with van der Waals surface area (Å²) in [4.78, 5) is 14.0. The van der Waals surface area contributed by atoms with Gasteiger partial charge in [-0.3, -0.25) is 0 Å². The van der Waals surface area contributed by atoms with Gasteiger partial charge in [-0.25, -0.2) is 4.79 Å². The topological polar surface area (TPSA) is 66.4 Å². The molecule has 0 aromatic heterocycles. The van der Waals surface area contributed by atoms with Crippen LogP contribution in [0.1, 0.15) is 50.8 Å². The molecule has 1 atom stereocenters. The van der Waals surface area contributed by atoms with Crippen LogP contribution in [0.3, 0.4) is 0 Å².